The molecule has 0 aromatic carbocycles. The number of aliphatic hydroxyl groups is 1. The third kappa shape index (κ3) is 2.80. The molecule has 2 atom stereocenters. The summed E-state index contributed by atoms with van der Waals surface area (Å²) in [4.78, 5) is 15.6. The van der Waals surface area contributed by atoms with Gasteiger partial charge >= 0.3 is 0 Å². The summed E-state index contributed by atoms with van der Waals surface area (Å²) in [6.07, 6.45) is 8.26. The topological polar surface area (TPSA) is 87.4 Å². The monoisotopic (exact) mass is 330 g/mol. The normalized spacial score (nSPS) is 21.1. The van der Waals surface area contributed by atoms with Gasteiger partial charge < -0.3 is 15.7 Å². The number of rotatable bonds is 4. The quantitative estimate of drug-likeness (QED) is 0.668. The molecule has 0 saturated carbocycles. The van der Waals surface area contributed by atoms with Crippen molar-refractivity contribution in [1.29, 1.82) is 0 Å². The number of aliphatic hydroxyl groups excluding tert-OH is 1. The fraction of sp³-hybridized carbons (Fsp3) is 0.400. The Bertz CT molecular complexity index is 828. The Balaban J connectivity index is 1.59. The van der Waals surface area contributed by atoms with Crippen molar-refractivity contribution in [3.8, 4) is 11.4 Å². The third-order valence-electron chi connectivity index (χ3n) is 4.02. The molecule has 4 heterocycles. The Morgan fingerprint density at radius 3 is 3.17 bits per heavy atom. The van der Waals surface area contributed by atoms with Crippen LogP contribution in [-0.4, -0.2) is 49.7 Å². The van der Waals surface area contributed by atoms with E-state index >= 15 is 0 Å². The summed E-state index contributed by atoms with van der Waals surface area (Å²) in [5.74, 6) is 0.745. The van der Waals surface area contributed by atoms with E-state index in [1.807, 2.05) is 10.6 Å². The van der Waals surface area contributed by atoms with Crippen molar-refractivity contribution in [1.82, 2.24) is 24.7 Å². The minimum absolute atomic E-state index is 0.159. The van der Waals surface area contributed by atoms with Crippen LogP contribution in [0.5, 0.6) is 0 Å². The fourth-order valence-electron chi connectivity index (χ4n) is 2.92. The van der Waals surface area contributed by atoms with Crippen molar-refractivity contribution < 1.29 is 5.11 Å². The van der Waals surface area contributed by atoms with Crippen LogP contribution < -0.4 is 10.6 Å². The summed E-state index contributed by atoms with van der Waals surface area (Å²) in [5.41, 5.74) is 1.74. The van der Waals surface area contributed by atoms with Gasteiger partial charge in [0.05, 0.1) is 30.9 Å². The zero-order chi connectivity index (χ0) is 15.8. The number of anilines is 1. The maximum Gasteiger partial charge on any atom is 0.194 e. The van der Waals surface area contributed by atoms with Gasteiger partial charge in [-0.2, -0.15) is 0 Å². The van der Waals surface area contributed by atoms with Gasteiger partial charge in [-0.25, -0.2) is 9.97 Å². The van der Waals surface area contributed by atoms with Crippen LogP contribution in [0.15, 0.2) is 24.8 Å². The van der Waals surface area contributed by atoms with Crippen LogP contribution in [0.25, 0.3) is 16.3 Å². The second-order valence-corrected chi connectivity index (χ2v) is 7.01. The lowest BCUT2D eigenvalue weighted by Gasteiger charge is -2.12. The largest absolute Gasteiger partial charge is 0.395 e. The van der Waals surface area contributed by atoms with Crippen molar-refractivity contribution in [3.63, 3.8) is 0 Å². The maximum absolute atomic E-state index is 9.19. The van der Waals surface area contributed by atoms with E-state index in [0.29, 0.717) is 0 Å². The molecule has 0 bridgehead atoms. The highest BCUT2D eigenvalue weighted by molar-refractivity contribution is 7.17. The van der Waals surface area contributed by atoms with Gasteiger partial charge in [0.2, 0.25) is 0 Å². The van der Waals surface area contributed by atoms with E-state index in [0.717, 1.165) is 35.1 Å². The molecule has 4 rings (SSSR count). The number of hydrogen-bond donors (Lipinski definition) is 3. The first-order chi connectivity index (χ1) is 11.2. The van der Waals surface area contributed by atoms with Crippen molar-refractivity contribution in [3.05, 3.63) is 29.7 Å². The third-order valence-corrected chi connectivity index (χ3v) is 4.93. The SMILES string of the molecule is Cc1cn2c(-c3cncc(N[C@H]4CN[C@H](CO)C4)n3)cnc2s1. The summed E-state index contributed by atoms with van der Waals surface area (Å²) >= 11 is 1.66. The summed E-state index contributed by atoms with van der Waals surface area (Å²) in [6.45, 7) is 3.05. The summed E-state index contributed by atoms with van der Waals surface area (Å²) in [7, 11) is 0. The smallest absolute Gasteiger partial charge is 0.194 e. The lowest BCUT2D eigenvalue weighted by molar-refractivity contribution is 0.254. The van der Waals surface area contributed by atoms with Gasteiger partial charge in [0, 0.05) is 29.7 Å². The highest BCUT2D eigenvalue weighted by Crippen LogP contribution is 2.24. The van der Waals surface area contributed by atoms with Crippen LogP contribution in [0.3, 0.4) is 0 Å². The number of aromatic nitrogens is 4. The summed E-state index contributed by atoms with van der Waals surface area (Å²) < 4.78 is 2.05. The first-order valence-corrected chi connectivity index (χ1v) is 8.41. The molecule has 1 aliphatic rings. The van der Waals surface area contributed by atoms with Crippen LogP contribution in [0.2, 0.25) is 0 Å². The number of thiazole rings is 1. The number of nitrogens with one attached hydrogen (secondary N) is 2. The second kappa shape index (κ2) is 5.88. The molecule has 7 nitrogen and oxygen atoms in total. The van der Waals surface area contributed by atoms with E-state index < -0.39 is 0 Å². The van der Waals surface area contributed by atoms with E-state index in [9.17, 15) is 5.11 Å². The van der Waals surface area contributed by atoms with Gasteiger partial charge in [-0.15, -0.1) is 11.3 Å². The molecule has 1 fully saturated rings. The predicted molar refractivity (Wildman–Crippen MR) is 89.7 cm³/mol. The Morgan fingerprint density at radius 2 is 2.35 bits per heavy atom. The van der Waals surface area contributed by atoms with Crippen molar-refractivity contribution in [2.75, 3.05) is 18.5 Å². The van der Waals surface area contributed by atoms with Crippen LogP contribution in [0, 0.1) is 6.92 Å². The molecule has 0 unspecified atom stereocenters. The number of fused-ring (bicyclic) bond motifs is 1. The fourth-order valence-corrected chi connectivity index (χ4v) is 3.72. The molecule has 3 aromatic rings. The first-order valence-electron chi connectivity index (χ1n) is 7.59. The molecule has 0 aliphatic carbocycles. The molecular weight excluding hydrogens is 312 g/mol. The van der Waals surface area contributed by atoms with Gasteiger partial charge in [0.15, 0.2) is 4.96 Å². The average molecular weight is 330 g/mol. The van der Waals surface area contributed by atoms with Gasteiger partial charge in [0.1, 0.15) is 11.5 Å². The van der Waals surface area contributed by atoms with Crippen molar-refractivity contribution in [2.24, 2.45) is 0 Å². The van der Waals surface area contributed by atoms with E-state index in [1.165, 1.54) is 4.88 Å². The lowest BCUT2D eigenvalue weighted by Crippen LogP contribution is -2.25. The van der Waals surface area contributed by atoms with Gasteiger partial charge in [-0.05, 0) is 13.3 Å². The zero-order valence-corrected chi connectivity index (χ0v) is 13.5. The number of imidazole rings is 1. The first kappa shape index (κ1) is 14.6. The number of nitrogens with zero attached hydrogens (tertiary/aromatic N) is 4. The van der Waals surface area contributed by atoms with Gasteiger partial charge in [-0.1, -0.05) is 0 Å². The molecule has 1 saturated heterocycles. The molecule has 1 aliphatic heterocycles. The minimum Gasteiger partial charge on any atom is -0.395 e. The number of aryl methyl sites for hydroxylation is 1. The van der Waals surface area contributed by atoms with Crippen LogP contribution in [0.4, 0.5) is 5.82 Å². The average Bonchev–Trinajstić information content (AvgIpc) is 3.23. The molecule has 3 aromatic heterocycles. The molecule has 8 heteroatoms. The number of hydrogen-bond acceptors (Lipinski definition) is 7. The van der Waals surface area contributed by atoms with E-state index in [4.69, 9.17) is 0 Å². The molecule has 0 amide bonds. The van der Waals surface area contributed by atoms with E-state index in [2.05, 4.69) is 38.7 Å². The lowest BCUT2D eigenvalue weighted by atomic mass is 10.2. The van der Waals surface area contributed by atoms with Crippen LogP contribution in [0.1, 0.15) is 11.3 Å². The molecule has 0 spiro atoms. The molecule has 3 N–H and O–H groups in total. The zero-order valence-electron chi connectivity index (χ0n) is 12.7. The molecule has 120 valence electrons. The Kier molecular flexibility index (Phi) is 3.72. The second-order valence-electron chi connectivity index (χ2n) is 5.79. The van der Waals surface area contributed by atoms with Crippen molar-refractivity contribution in [2.45, 2.75) is 25.4 Å². The molecule has 0 radical (unpaired) electrons. The minimum atomic E-state index is 0.159. The van der Waals surface area contributed by atoms with Gasteiger partial charge in [-0.3, -0.25) is 9.38 Å². The summed E-state index contributed by atoms with van der Waals surface area (Å²) in [5, 5.41) is 15.9. The van der Waals surface area contributed by atoms with E-state index in [1.54, 1.807) is 23.7 Å². The Morgan fingerprint density at radius 1 is 1.43 bits per heavy atom. The standard InChI is InChI=1S/C15H18N6OS/c1-9-7-21-13(5-18-15(21)23-9)12-4-16-6-14(20-12)19-10-2-11(8-22)17-3-10/h4-7,10-11,17,22H,2-3,8H2,1H3,(H,19,20)/t10-,11+/m1/s1. The highest BCUT2D eigenvalue weighted by atomic mass is 32.1. The van der Waals surface area contributed by atoms with Crippen LogP contribution >= 0.6 is 11.3 Å². The summed E-state index contributed by atoms with van der Waals surface area (Å²) in [6, 6.07) is 0.414. The maximum atomic E-state index is 9.19. The predicted octanol–water partition coefficient (Wildman–Crippen LogP) is 1.30. The van der Waals surface area contributed by atoms with E-state index in [-0.39, 0.29) is 18.7 Å². The Labute approximate surface area is 137 Å². The Hall–Kier alpha value is -2.03. The highest BCUT2D eigenvalue weighted by Gasteiger charge is 2.23. The molecule has 23 heavy (non-hydrogen) atoms. The van der Waals surface area contributed by atoms with Crippen molar-refractivity contribution >= 4 is 22.1 Å². The molecular formula is C15H18N6OS. The van der Waals surface area contributed by atoms with Crippen LogP contribution in [-0.2, 0) is 0 Å². The van der Waals surface area contributed by atoms with Gasteiger partial charge in [0.25, 0.3) is 0 Å².